The molecule has 6 nitrogen and oxygen atoms in total. The van der Waals surface area contributed by atoms with Gasteiger partial charge in [0.2, 0.25) is 5.91 Å². The molecule has 3 rings (SSSR count). The monoisotopic (exact) mass is 416 g/mol. The summed E-state index contributed by atoms with van der Waals surface area (Å²) < 4.78 is 37.0. The van der Waals surface area contributed by atoms with E-state index in [0.29, 0.717) is 0 Å². The second kappa shape index (κ2) is 11.0. The van der Waals surface area contributed by atoms with Gasteiger partial charge < -0.3 is 20.1 Å². The maximum absolute atomic E-state index is 12.1. The summed E-state index contributed by atoms with van der Waals surface area (Å²) in [7, 11) is 0. The van der Waals surface area contributed by atoms with Crippen LogP contribution in [0.25, 0.3) is 0 Å². The number of anilines is 1. The Morgan fingerprint density at radius 2 is 1.86 bits per heavy atom. The highest BCUT2D eigenvalue weighted by atomic mass is 19.4. The second-order valence-electron chi connectivity index (χ2n) is 7.05. The van der Waals surface area contributed by atoms with Gasteiger partial charge in [-0.15, -0.1) is 0 Å². The molecule has 1 aromatic carbocycles. The Bertz CT molecular complexity index is 676. The van der Waals surface area contributed by atoms with E-state index in [0.717, 1.165) is 52.1 Å². The van der Waals surface area contributed by atoms with Gasteiger partial charge in [-0.2, -0.15) is 13.2 Å². The molecule has 0 radical (unpaired) electrons. The molecule has 0 atom stereocenters. The summed E-state index contributed by atoms with van der Waals surface area (Å²) in [4.78, 5) is 23.4. The van der Waals surface area contributed by atoms with Crippen LogP contribution in [0, 0.1) is 5.92 Å². The second-order valence-corrected chi connectivity index (χ2v) is 7.05. The van der Waals surface area contributed by atoms with Crippen molar-refractivity contribution in [2.75, 3.05) is 37.7 Å². The average Bonchev–Trinajstić information content (AvgIpc) is 2.71. The molecule has 162 valence electrons. The number of benzene rings is 1. The summed E-state index contributed by atoms with van der Waals surface area (Å²) in [6.45, 7) is 4.37. The highest BCUT2D eigenvalue weighted by Crippen LogP contribution is 2.26. The van der Waals surface area contributed by atoms with Crippen molar-refractivity contribution in [2.24, 2.45) is 5.92 Å². The van der Waals surface area contributed by atoms with Gasteiger partial charge in [0.15, 0.2) is 0 Å². The van der Waals surface area contributed by atoms with E-state index in [9.17, 15) is 18.0 Å². The van der Waals surface area contributed by atoms with Crippen LogP contribution in [0.5, 0.6) is 0 Å². The van der Waals surface area contributed by atoms with Gasteiger partial charge >= 0.3 is 12.1 Å². The molecule has 2 aliphatic heterocycles. The standard InChI is InChI=1S/C18H26N2O2.C2HF3O2/c21-18(16-8-13-22-14-9-16)19-10-4-12-20-11-3-6-15-5-1-2-7-17(15)20;3-2(4,5)1(6)7/h1-2,5,7,16H,3-4,6,8-14H2,(H,19,21);(H,6,7). The van der Waals surface area contributed by atoms with Gasteiger partial charge in [0, 0.05) is 44.5 Å². The van der Waals surface area contributed by atoms with E-state index in [-0.39, 0.29) is 11.8 Å². The lowest BCUT2D eigenvalue weighted by atomic mass is 9.99. The first-order chi connectivity index (χ1) is 13.8. The fraction of sp³-hybridized carbons (Fsp3) is 0.600. The minimum Gasteiger partial charge on any atom is -0.475 e. The van der Waals surface area contributed by atoms with Crippen molar-refractivity contribution in [1.82, 2.24) is 5.32 Å². The van der Waals surface area contributed by atoms with Gasteiger partial charge in [-0.1, -0.05) is 18.2 Å². The Morgan fingerprint density at radius 3 is 2.52 bits per heavy atom. The van der Waals surface area contributed by atoms with Crippen LogP contribution >= 0.6 is 0 Å². The summed E-state index contributed by atoms with van der Waals surface area (Å²) in [6, 6.07) is 8.68. The van der Waals surface area contributed by atoms with Gasteiger partial charge in [0.1, 0.15) is 0 Å². The van der Waals surface area contributed by atoms with Crippen molar-refractivity contribution >= 4 is 17.6 Å². The number of alkyl halides is 3. The van der Waals surface area contributed by atoms with Crippen LogP contribution in [0.4, 0.5) is 18.9 Å². The van der Waals surface area contributed by atoms with E-state index >= 15 is 0 Å². The predicted octanol–water partition coefficient (Wildman–Crippen LogP) is 3.01. The average molecular weight is 416 g/mol. The van der Waals surface area contributed by atoms with E-state index in [2.05, 4.69) is 34.5 Å². The lowest BCUT2D eigenvalue weighted by molar-refractivity contribution is -0.192. The largest absolute Gasteiger partial charge is 0.490 e. The molecule has 0 aromatic heterocycles. The molecule has 1 amide bonds. The minimum atomic E-state index is -5.08. The molecule has 2 heterocycles. The number of amides is 1. The summed E-state index contributed by atoms with van der Waals surface area (Å²) >= 11 is 0. The van der Waals surface area contributed by atoms with E-state index < -0.39 is 12.1 Å². The molecule has 1 aromatic rings. The molecular weight excluding hydrogens is 389 g/mol. The van der Waals surface area contributed by atoms with E-state index in [1.807, 2.05) is 0 Å². The first-order valence-corrected chi connectivity index (χ1v) is 9.77. The lowest BCUT2D eigenvalue weighted by Crippen LogP contribution is -2.37. The number of hydrogen-bond acceptors (Lipinski definition) is 4. The fourth-order valence-corrected chi connectivity index (χ4v) is 3.43. The molecule has 0 aliphatic carbocycles. The van der Waals surface area contributed by atoms with Crippen LogP contribution in [-0.4, -0.2) is 56.0 Å². The van der Waals surface area contributed by atoms with E-state index in [1.165, 1.54) is 24.1 Å². The molecule has 29 heavy (non-hydrogen) atoms. The topological polar surface area (TPSA) is 78.9 Å². The number of para-hydroxylation sites is 1. The Kier molecular flexibility index (Phi) is 8.75. The number of aryl methyl sites for hydroxylation is 1. The number of carbonyl (C=O) groups excluding carboxylic acids is 1. The number of nitrogens with one attached hydrogen (secondary N) is 1. The van der Waals surface area contributed by atoms with Gasteiger partial charge in [-0.05, 0) is 43.7 Å². The number of carbonyl (C=O) groups is 2. The van der Waals surface area contributed by atoms with Crippen LogP contribution < -0.4 is 10.2 Å². The third-order valence-electron chi connectivity index (χ3n) is 4.95. The Labute approximate surface area is 168 Å². The summed E-state index contributed by atoms with van der Waals surface area (Å²) in [5.74, 6) is -2.39. The number of nitrogens with zero attached hydrogens (tertiary/aromatic N) is 1. The first kappa shape index (κ1) is 23.0. The molecule has 9 heteroatoms. The van der Waals surface area contributed by atoms with Gasteiger partial charge in [0.05, 0.1) is 0 Å². The molecule has 0 unspecified atom stereocenters. The maximum Gasteiger partial charge on any atom is 0.490 e. The Hall–Kier alpha value is -2.29. The normalized spacial score (nSPS) is 17.0. The Balaban J connectivity index is 0.000000370. The number of ether oxygens (including phenoxy) is 1. The van der Waals surface area contributed by atoms with Crippen LogP contribution in [0.3, 0.4) is 0 Å². The zero-order valence-electron chi connectivity index (χ0n) is 16.2. The molecule has 0 spiro atoms. The molecule has 2 aliphatic rings. The number of halogens is 3. The first-order valence-electron chi connectivity index (χ1n) is 9.77. The summed E-state index contributed by atoms with van der Waals surface area (Å²) in [5.41, 5.74) is 2.84. The van der Waals surface area contributed by atoms with Gasteiger partial charge in [-0.25, -0.2) is 4.79 Å². The molecule has 0 bridgehead atoms. The number of hydrogen-bond donors (Lipinski definition) is 2. The number of aliphatic carboxylic acids is 1. The predicted molar refractivity (Wildman–Crippen MR) is 102 cm³/mol. The highest BCUT2D eigenvalue weighted by Gasteiger charge is 2.38. The molecule has 2 N–H and O–H groups in total. The number of carboxylic acids is 1. The van der Waals surface area contributed by atoms with Crippen LogP contribution in [0.1, 0.15) is 31.2 Å². The third-order valence-corrected chi connectivity index (χ3v) is 4.95. The highest BCUT2D eigenvalue weighted by molar-refractivity contribution is 5.78. The van der Waals surface area contributed by atoms with E-state index in [4.69, 9.17) is 14.6 Å². The molecular formula is C20H27F3N2O4. The van der Waals surface area contributed by atoms with Gasteiger partial charge in [-0.3, -0.25) is 4.79 Å². The van der Waals surface area contributed by atoms with Crippen LogP contribution in [0.2, 0.25) is 0 Å². The zero-order chi connectivity index (χ0) is 21.3. The SMILES string of the molecule is O=C(NCCCN1CCCc2ccccc21)C1CCOCC1.O=C(O)C(F)(F)F. The fourth-order valence-electron chi connectivity index (χ4n) is 3.43. The molecule has 0 saturated carbocycles. The van der Waals surface area contributed by atoms with E-state index in [1.54, 1.807) is 0 Å². The van der Waals surface area contributed by atoms with Crippen molar-refractivity contribution < 1.29 is 32.6 Å². The van der Waals surface area contributed by atoms with Crippen molar-refractivity contribution in [1.29, 1.82) is 0 Å². The van der Waals surface area contributed by atoms with Gasteiger partial charge in [0.25, 0.3) is 0 Å². The lowest BCUT2D eigenvalue weighted by Gasteiger charge is -2.31. The molecule has 1 fully saturated rings. The number of fused-ring (bicyclic) bond motifs is 1. The van der Waals surface area contributed by atoms with Crippen LogP contribution in [0.15, 0.2) is 24.3 Å². The van der Waals surface area contributed by atoms with Crippen molar-refractivity contribution in [3.05, 3.63) is 29.8 Å². The summed E-state index contributed by atoms with van der Waals surface area (Å²) in [6.07, 6.45) is 0.0680. The van der Waals surface area contributed by atoms with Crippen molar-refractivity contribution in [3.63, 3.8) is 0 Å². The minimum absolute atomic E-state index is 0.157. The number of rotatable bonds is 5. The molecule has 1 saturated heterocycles. The quantitative estimate of drug-likeness (QED) is 0.722. The summed E-state index contributed by atoms with van der Waals surface area (Å²) in [5, 5.41) is 10.2. The van der Waals surface area contributed by atoms with Crippen molar-refractivity contribution in [3.8, 4) is 0 Å². The van der Waals surface area contributed by atoms with Crippen molar-refractivity contribution in [2.45, 2.75) is 38.3 Å². The third kappa shape index (κ3) is 7.56. The number of carboxylic acid groups (broad SMARTS) is 1. The zero-order valence-corrected chi connectivity index (χ0v) is 16.2. The van der Waals surface area contributed by atoms with Crippen LogP contribution in [-0.2, 0) is 20.7 Å². The Morgan fingerprint density at radius 1 is 1.21 bits per heavy atom. The maximum atomic E-state index is 12.1. The smallest absolute Gasteiger partial charge is 0.475 e.